The smallest absolute Gasteiger partial charge is 0.462 e. The molecule has 19 heteroatoms. The van der Waals surface area contributed by atoms with Gasteiger partial charge in [-0.3, -0.25) is 37.3 Å². The van der Waals surface area contributed by atoms with Crippen molar-refractivity contribution in [2.45, 2.75) is 420 Å². The van der Waals surface area contributed by atoms with Crippen molar-refractivity contribution >= 4 is 39.5 Å². The van der Waals surface area contributed by atoms with E-state index in [1.54, 1.807) is 0 Å². The number of phosphoric ester groups is 2. The van der Waals surface area contributed by atoms with E-state index >= 15 is 0 Å². The molecule has 0 rings (SSSR count). The lowest BCUT2D eigenvalue weighted by molar-refractivity contribution is -0.161. The van der Waals surface area contributed by atoms with Crippen LogP contribution in [-0.4, -0.2) is 96.7 Å². The summed E-state index contributed by atoms with van der Waals surface area (Å²) in [5.41, 5.74) is 0. The van der Waals surface area contributed by atoms with Crippen LogP contribution >= 0.6 is 15.6 Å². The lowest BCUT2D eigenvalue weighted by atomic mass is 9.99. The zero-order valence-corrected chi connectivity index (χ0v) is 66.2. The summed E-state index contributed by atoms with van der Waals surface area (Å²) in [5, 5.41) is 10.6. The Hall–Kier alpha value is -1.94. The van der Waals surface area contributed by atoms with E-state index in [4.69, 9.17) is 37.0 Å². The molecule has 0 aromatic carbocycles. The van der Waals surface area contributed by atoms with Gasteiger partial charge in [0.2, 0.25) is 0 Å². The normalized spacial score (nSPS) is 14.9. The van der Waals surface area contributed by atoms with E-state index in [9.17, 15) is 43.2 Å². The number of aliphatic hydroxyl groups is 1. The second-order valence-corrected chi connectivity index (χ2v) is 32.6. The molecular weight excluding hydrogens is 1280 g/mol. The highest BCUT2D eigenvalue weighted by molar-refractivity contribution is 7.47. The SMILES string of the molecule is CCC(C)CCCCCCCCCCCCCCCCCCCCC(=O)O[C@H](COC(=O)CCCCCCCCC(C)CC)COP(=O)(O)OC[C@H](O)COP(=O)(O)OC[C@@H](COC(=O)CCCCCCCCCCCCCCCC(C)C)OC(=O)CCCCCCCCC(C)CC. The van der Waals surface area contributed by atoms with Crippen molar-refractivity contribution in [1.82, 2.24) is 0 Å². The van der Waals surface area contributed by atoms with Crippen LogP contribution in [0.1, 0.15) is 402 Å². The van der Waals surface area contributed by atoms with Gasteiger partial charge in [0.1, 0.15) is 19.3 Å². The first-order valence-corrected chi connectivity index (χ1v) is 43.8. The Morgan fingerprint density at radius 1 is 0.286 bits per heavy atom. The molecule has 5 unspecified atom stereocenters. The van der Waals surface area contributed by atoms with E-state index in [0.29, 0.717) is 25.7 Å². The van der Waals surface area contributed by atoms with Crippen molar-refractivity contribution in [3.05, 3.63) is 0 Å². The number of hydrogen-bond acceptors (Lipinski definition) is 15. The zero-order chi connectivity index (χ0) is 72.4. The van der Waals surface area contributed by atoms with Gasteiger partial charge in [-0.1, -0.05) is 351 Å². The largest absolute Gasteiger partial charge is 0.472 e. The Labute approximate surface area is 600 Å². The summed E-state index contributed by atoms with van der Waals surface area (Å²) in [6.07, 6.45) is 54.3. The second kappa shape index (κ2) is 68.2. The van der Waals surface area contributed by atoms with Crippen molar-refractivity contribution in [3.8, 4) is 0 Å². The third kappa shape index (κ3) is 68.5. The molecule has 0 aliphatic carbocycles. The van der Waals surface area contributed by atoms with E-state index in [1.807, 2.05) is 0 Å². The lowest BCUT2D eigenvalue weighted by Crippen LogP contribution is -2.30. The molecule has 98 heavy (non-hydrogen) atoms. The quantitative estimate of drug-likeness (QED) is 0.0222. The number of rotatable bonds is 76. The number of hydrogen-bond donors (Lipinski definition) is 3. The minimum atomic E-state index is -4.96. The van der Waals surface area contributed by atoms with Crippen LogP contribution in [0.3, 0.4) is 0 Å². The summed E-state index contributed by atoms with van der Waals surface area (Å²) < 4.78 is 68.6. The highest BCUT2D eigenvalue weighted by atomic mass is 31.2. The monoisotopic (exact) mass is 1440 g/mol. The summed E-state index contributed by atoms with van der Waals surface area (Å²) in [6.45, 7) is 14.2. The maximum absolute atomic E-state index is 13.1. The van der Waals surface area contributed by atoms with E-state index < -0.39 is 97.5 Å². The Morgan fingerprint density at radius 2 is 0.490 bits per heavy atom. The molecule has 0 aliphatic rings. The number of aliphatic hydroxyl groups excluding tert-OH is 1. The van der Waals surface area contributed by atoms with Gasteiger partial charge in [-0.05, 0) is 49.4 Å². The molecule has 0 fully saturated rings. The van der Waals surface area contributed by atoms with Crippen LogP contribution in [0.5, 0.6) is 0 Å². The average Bonchev–Trinajstić information content (AvgIpc) is 0.932. The first-order chi connectivity index (χ1) is 47.2. The third-order valence-corrected chi connectivity index (χ3v) is 21.3. The van der Waals surface area contributed by atoms with Gasteiger partial charge in [0.15, 0.2) is 12.2 Å². The van der Waals surface area contributed by atoms with Crippen molar-refractivity contribution in [3.63, 3.8) is 0 Å². The third-order valence-electron chi connectivity index (χ3n) is 19.4. The van der Waals surface area contributed by atoms with Gasteiger partial charge in [0, 0.05) is 25.7 Å². The van der Waals surface area contributed by atoms with Crippen LogP contribution in [0.4, 0.5) is 0 Å². The Morgan fingerprint density at radius 3 is 0.724 bits per heavy atom. The molecule has 0 aliphatic heterocycles. The summed E-state index contributed by atoms with van der Waals surface area (Å²) in [6, 6.07) is 0. The van der Waals surface area contributed by atoms with Crippen LogP contribution in [0.25, 0.3) is 0 Å². The molecule has 0 amide bonds. The van der Waals surface area contributed by atoms with Crippen LogP contribution in [-0.2, 0) is 65.4 Å². The van der Waals surface area contributed by atoms with Crippen molar-refractivity contribution < 1.29 is 80.2 Å². The highest BCUT2D eigenvalue weighted by Gasteiger charge is 2.30. The van der Waals surface area contributed by atoms with Gasteiger partial charge in [-0.25, -0.2) is 9.13 Å². The van der Waals surface area contributed by atoms with Crippen LogP contribution in [0.2, 0.25) is 0 Å². The van der Waals surface area contributed by atoms with Gasteiger partial charge in [-0.15, -0.1) is 0 Å². The molecule has 0 saturated heterocycles. The number of unbranched alkanes of at least 4 members (excludes halogenated alkanes) is 39. The van der Waals surface area contributed by atoms with Gasteiger partial charge in [0.05, 0.1) is 26.4 Å². The molecule has 0 heterocycles. The molecule has 8 atom stereocenters. The van der Waals surface area contributed by atoms with Gasteiger partial charge < -0.3 is 33.8 Å². The molecule has 0 aromatic heterocycles. The molecule has 0 bridgehead atoms. The van der Waals surface area contributed by atoms with Gasteiger partial charge in [-0.2, -0.15) is 0 Å². The maximum Gasteiger partial charge on any atom is 0.472 e. The first-order valence-electron chi connectivity index (χ1n) is 40.8. The molecule has 582 valence electrons. The summed E-state index contributed by atoms with van der Waals surface area (Å²) >= 11 is 0. The Bertz CT molecular complexity index is 1930. The van der Waals surface area contributed by atoms with Crippen molar-refractivity contribution in [2.24, 2.45) is 23.7 Å². The molecule has 0 aromatic rings. The molecular formula is C79H154O17P2. The van der Waals surface area contributed by atoms with Crippen LogP contribution < -0.4 is 0 Å². The minimum Gasteiger partial charge on any atom is -0.462 e. The minimum absolute atomic E-state index is 0.103. The number of phosphoric acid groups is 2. The van der Waals surface area contributed by atoms with Gasteiger partial charge in [0.25, 0.3) is 0 Å². The fourth-order valence-electron chi connectivity index (χ4n) is 12.0. The Kier molecular flexibility index (Phi) is 66.8. The predicted molar refractivity (Wildman–Crippen MR) is 400 cm³/mol. The predicted octanol–water partition coefficient (Wildman–Crippen LogP) is 23.2. The summed E-state index contributed by atoms with van der Waals surface area (Å²) in [4.78, 5) is 72.9. The van der Waals surface area contributed by atoms with Crippen molar-refractivity contribution in [1.29, 1.82) is 0 Å². The summed E-state index contributed by atoms with van der Waals surface area (Å²) in [5.74, 6) is 0.991. The van der Waals surface area contributed by atoms with E-state index in [1.165, 1.54) is 199 Å². The molecule has 17 nitrogen and oxygen atoms in total. The fraction of sp³-hybridized carbons (Fsp3) is 0.949. The number of carbonyl (C=O) groups excluding carboxylic acids is 4. The van der Waals surface area contributed by atoms with Crippen LogP contribution in [0.15, 0.2) is 0 Å². The number of ether oxygens (including phenoxy) is 4. The highest BCUT2D eigenvalue weighted by Crippen LogP contribution is 2.45. The topological polar surface area (TPSA) is 237 Å². The Balaban J connectivity index is 5.16. The number of carbonyl (C=O) groups is 4. The maximum atomic E-state index is 13.1. The molecule has 0 radical (unpaired) electrons. The zero-order valence-electron chi connectivity index (χ0n) is 64.4. The van der Waals surface area contributed by atoms with E-state index in [-0.39, 0.29) is 25.7 Å². The molecule has 3 N–H and O–H groups in total. The van der Waals surface area contributed by atoms with Crippen LogP contribution in [0, 0.1) is 23.7 Å². The van der Waals surface area contributed by atoms with Gasteiger partial charge >= 0.3 is 39.5 Å². The lowest BCUT2D eigenvalue weighted by Gasteiger charge is -2.21. The van der Waals surface area contributed by atoms with E-state index in [2.05, 4.69) is 55.4 Å². The number of esters is 4. The molecule has 0 saturated carbocycles. The standard InChI is InChI=1S/C79H154O17P2/c1-9-70(6)56-48-40-32-28-24-20-16-14-12-13-15-17-21-26-30-34-45-53-61-78(83)95-74(66-90-77(82)60-52-44-37-35-41-49-57-71(7)10-2)67-93-97(85,86)91-63-73(80)64-92-98(87,88)94-68-75(96-79(84)62-54-46-38-36-42-50-58-72(8)11-3)65-89-76(81)59-51-43-33-29-25-22-18-19-23-27-31-39-47-55-69(4)5/h69-75,80H,9-68H2,1-8H3,(H,85,86)(H,87,88)/t70?,71?,72?,73-,74+,75+/m0/s1. The first kappa shape index (κ1) is 96.1. The second-order valence-electron chi connectivity index (χ2n) is 29.7. The fourth-order valence-corrected chi connectivity index (χ4v) is 13.6. The summed E-state index contributed by atoms with van der Waals surface area (Å²) in [7, 11) is -9.92. The van der Waals surface area contributed by atoms with E-state index in [0.717, 1.165) is 120 Å². The molecule has 0 spiro atoms. The van der Waals surface area contributed by atoms with Crippen molar-refractivity contribution in [2.75, 3.05) is 39.6 Å². The average molecular weight is 1440 g/mol.